The standard InChI is InChI=1S/C19H19F3N6/c1-27-7-9-28(10-8-27)18-25-16-5-6-23-12-15(16)17(26-18)24-14-4-2-3-13(11-14)19(20,21)22/h2-6,11-12H,7-10H2,1H3,(H,24,25,26). The Morgan fingerprint density at radius 1 is 1.04 bits per heavy atom. The minimum absolute atomic E-state index is 0.308. The lowest BCUT2D eigenvalue weighted by Gasteiger charge is -2.32. The number of fused-ring (bicyclic) bond motifs is 1. The van der Waals surface area contributed by atoms with E-state index in [2.05, 4.69) is 37.1 Å². The summed E-state index contributed by atoms with van der Waals surface area (Å²) in [5.74, 6) is 0.993. The Labute approximate surface area is 160 Å². The van der Waals surface area contributed by atoms with Crippen LogP contribution in [0.1, 0.15) is 5.56 Å². The van der Waals surface area contributed by atoms with Crippen molar-refractivity contribution in [1.29, 1.82) is 0 Å². The van der Waals surface area contributed by atoms with E-state index in [1.807, 2.05) is 0 Å². The Kier molecular flexibility index (Phi) is 4.76. The van der Waals surface area contributed by atoms with Crippen LogP contribution in [0.5, 0.6) is 0 Å². The van der Waals surface area contributed by atoms with Gasteiger partial charge in [0, 0.05) is 44.3 Å². The molecular formula is C19H19F3N6. The highest BCUT2D eigenvalue weighted by Crippen LogP contribution is 2.32. The first-order valence-electron chi connectivity index (χ1n) is 8.90. The molecule has 2 aromatic heterocycles. The van der Waals surface area contributed by atoms with E-state index in [-0.39, 0.29) is 0 Å². The zero-order valence-corrected chi connectivity index (χ0v) is 15.2. The maximum atomic E-state index is 13.0. The molecular weight excluding hydrogens is 369 g/mol. The highest BCUT2D eigenvalue weighted by molar-refractivity contribution is 5.91. The van der Waals surface area contributed by atoms with Gasteiger partial charge in [-0.15, -0.1) is 0 Å². The van der Waals surface area contributed by atoms with E-state index in [1.165, 1.54) is 6.07 Å². The zero-order valence-electron chi connectivity index (χ0n) is 15.2. The number of rotatable bonds is 3. The van der Waals surface area contributed by atoms with Crippen molar-refractivity contribution in [3.05, 3.63) is 48.3 Å². The monoisotopic (exact) mass is 388 g/mol. The van der Waals surface area contributed by atoms with Crippen LogP contribution in [-0.2, 0) is 6.18 Å². The number of anilines is 3. The number of hydrogen-bond acceptors (Lipinski definition) is 6. The van der Waals surface area contributed by atoms with Gasteiger partial charge in [-0.3, -0.25) is 4.98 Å². The van der Waals surface area contributed by atoms with Gasteiger partial charge in [-0.1, -0.05) is 6.07 Å². The molecule has 4 rings (SSSR count). The molecule has 0 atom stereocenters. The molecule has 0 aliphatic carbocycles. The summed E-state index contributed by atoms with van der Waals surface area (Å²) in [5.41, 5.74) is 0.282. The Bertz CT molecular complexity index is 983. The van der Waals surface area contributed by atoms with E-state index in [0.717, 1.165) is 38.3 Å². The first-order chi connectivity index (χ1) is 13.4. The van der Waals surface area contributed by atoms with Crippen LogP contribution in [0.4, 0.5) is 30.6 Å². The van der Waals surface area contributed by atoms with Crippen LogP contribution in [0.3, 0.4) is 0 Å². The van der Waals surface area contributed by atoms with Crippen LogP contribution in [0.2, 0.25) is 0 Å². The van der Waals surface area contributed by atoms with E-state index < -0.39 is 11.7 Å². The van der Waals surface area contributed by atoms with Crippen LogP contribution in [-0.4, -0.2) is 53.1 Å². The Hall–Kier alpha value is -2.94. The number of likely N-dealkylation sites (N-methyl/N-ethyl adjacent to an activating group) is 1. The lowest BCUT2D eigenvalue weighted by atomic mass is 10.2. The summed E-state index contributed by atoms with van der Waals surface area (Å²) < 4.78 is 39.1. The quantitative estimate of drug-likeness (QED) is 0.741. The third-order valence-electron chi connectivity index (χ3n) is 4.72. The van der Waals surface area contributed by atoms with Gasteiger partial charge >= 0.3 is 6.18 Å². The summed E-state index contributed by atoms with van der Waals surface area (Å²) in [6.07, 6.45) is -1.16. The summed E-state index contributed by atoms with van der Waals surface area (Å²) in [7, 11) is 2.06. The minimum Gasteiger partial charge on any atom is -0.339 e. The second-order valence-corrected chi connectivity index (χ2v) is 6.76. The largest absolute Gasteiger partial charge is 0.416 e. The number of benzene rings is 1. The van der Waals surface area contributed by atoms with E-state index in [1.54, 1.807) is 24.5 Å². The fraction of sp³-hybridized carbons (Fsp3) is 0.316. The lowest BCUT2D eigenvalue weighted by molar-refractivity contribution is -0.137. The first kappa shape index (κ1) is 18.4. The third-order valence-corrected chi connectivity index (χ3v) is 4.72. The predicted molar refractivity (Wildman–Crippen MR) is 102 cm³/mol. The molecule has 0 amide bonds. The molecule has 1 N–H and O–H groups in total. The van der Waals surface area contributed by atoms with Crippen molar-refractivity contribution in [2.24, 2.45) is 0 Å². The van der Waals surface area contributed by atoms with Gasteiger partial charge in [0.1, 0.15) is 5.82 Å². The SMILES string of the molecule is CN1CCN(c2nc(Nc3cccc(C(F)(F)F)c3)c3cnccc3n2)CC1. The van der Waals surface area contributed by atoms with Crippen LogP contribution in [0, 0.1) is 0 Å². The van der Waals surface area contributed by atoms with Crippen molar-refractivity contribution in [2.45, 2.75) is 6.18 Å². The number of aromatic nitrogens is 3. The fourth-order valence-electron chi connectivity index (χ4n) is 3.11. The molecule has 28 heavy (non-hydrogen) atoms. The topological polar surface area (TPSA) is 57.2 Å². The molecule has 1 fully saturated rings. The molecule has 1 saturated heterocycles. The minimum atomic E-state index is -4.40. The van der Waals surface area contributed by atoms with Crippen LogP contribution in [0.25, 0.3) is 10.9 Å². The number of halogens is 3. The van der Waals surface area contributed by atoms with Crippen molar-refractivity contribution in [1.82, 2.24) is 19.9 Å². The van der Waals surface area contributed by atoms with Gasteiger partial charge < -0.3 is 15.1 Å². The van der Waals surface area contributed by atoms with Crippen LogP contribution in [0.15, 0.2) is 42.7 Å². The lowest BCUT2D eigenvalue weighted by Crippen LogP contribution is -2.45. The van der Waals surface area contributed by atoms with E-state index in [9.17, 15) is 13.2 Å². The molecule has 3 heterocycles. The number of piperazine rings is 1. The number of pyridine rings is 1. The van der Waals surface area contributed by atoms with Crippen molar-refractivity contribution in [3.63, 3.8) is 0 Å². The van der Waals surface area contributed by atoms with E-state index >= 15 is 0 Å². The number of nitrogens with one attached hydrogen (secondary N) is 1. The molecule has 6 nitrogen and oxygen atoms in total. The van der Waals surface area contributed by atoms with Gasteiger partial charge in [-0.05, 0) is 31.3 Å². The molecule has 0 bridgehead atoms. The molecule has 0 spiro atoms. The highest BCUT2D eigenvalue weighted by Gasteiger charge is 2.30. The molecule has 0 radical (unpaired) electrons. The maximum Gasteiger partial charge on any atom is 0.416 e. The molecule has 1 aromatic carbocycles. The molecule has 1 aliphatic heterocycles. The van der Waals surface area contributed by atoms with Crippen molar-refractivity contribution in [3.8, 4) is 0 Å². The van der Waals surface area contributed by atoms with Gasteiger partial charge in [0.15, 0.2) is 0 Å². The van der Waals surface area contributed by atoms with Gasteiger partial charge in [0.25, 0.3) is 0 Å². The van der Waals surface area contributed by atoms with Crippen molar-refractivity contribution >= 4 is 28.4 Å². The Morgan fingerprint density at radius 3 is 2.57 bits per heavy atom. The molecule has 0 unspecified atom stereocenters. The van der Waals surface area contributed by atoms with Crippen molar-refractivity contribution < 1.29 is 13.2 Å². The first-order valence-corrected chi connectivity index (χ1v) is 8.90. The van der Waals surface area contributed by atoms with Gasteiger partial charge in [0.05, 0.1) is 16.5 Å². The van der Waals surface area contributed by atoms with Crippen LogP contribution >= 0.6 is 0 Å². The van der Waals surface area contributed by atoms with Gasteiger partial charge in [0.2, 0.25) is 5.95 Å². The zero-order chi connectivity index (χ0) is 19.7. The van der Waals surface area contributed by atoms with E-state index in [4.69, 9.17) is 0 Å². The summed E-state index contributed by atoms with van der Waals surface area (Å²) in [4.78, 5) is 17.6. The molecule has 146 valence electrons. The molecule has 1 aliphatic rings. The summed E-state index contributed by atoms with van der Waals surface area (Å²) in [6.45, 7) is 3.37. The Morgan fingerprint density at radius 2 is 1.82 bits per heavy atom. The average molecular weight is 388 g/mol. The predicted octanol–water partition coefficient (Wildman–Crippen LogP) is 3.54. The van der Waals surface area contributed by atoms with Crippen LogP contribution < -0.4 is 10.2 Å². The van der Waals surface area contributed by atoms with E-state index in [0.29, 0.717) is 28.4 Å². The summed E-state index contributed by atoms with van der Waals surface area (Å²) >= 11 is 0. The number of nitrogens with zero attached hydrogens (tertiary/aromatic N) is 5. The Balaban J connectivity index is 1.72. The summed E-state index contributed by atoms with van der Waals surface area (Å²) in [5, 5.41) is 3.67. The maximum absolute atomic E-state index is 13.0. The molecule has 0 saturated carbocycles. The highest BCUT2D eigenvalue weighted by atomic mass is 19.4. The normalized spacial score (nSPS) is 15.8. The van der Waals surface area contributed by atoms with Gasteiger partial charge in [-0.25, -0.2) is 4.98 Å². The number of alkyl halides is 3. The second kappa shape index (κ2) is 7.23. The number of hydrogen-bond donors (Lipinski definition) is 1. The van der Waals surface area contributed by atoms with Crippen molar-refractivity contribution in [2.75, 3.05) is 43.4 Å². The van der Waals surface area contributed by atoms with Gasteiger partial charge in [-0.2, -0.15) is 18.2 Å². The average Bonchev–Trinajstić information content (AvgIpc) is 2.68. The smallest absolute Gasteiger partial charge is 0.339 e. The molecule has 3 aromatic rings. The fourth-order valence-corrected chi connectivity index (χ4v) is 3.11. The third kappa shape index (κ3) is 3.84. The second-order valence-electron chi connectivity index (χ2n) is 6.76. The summed E-state index contributed by atoms with van der Waals surface area (Å²) in [6, 6.07) is 6.83. The molecule has 9 heteroatoms.